The smallest absolute Gasteiger partial charge is 0.0774 e. The standard InChI is InChI=1S/C32H58N4P2Si2/c1-39(2,3)28-14-25(21-38(30-18-33-7-9-35-30)31-19-34-8-10-36-31)26(15-29(28)40(4,5)6)32-16-22-11-23(17-32)13-24(12-22)27(32)20-37/h14-15,22-24,27,30-31,33-36H,7-13,16-21,37H2,1-6H3. The molecule has 0 amide bonds. The molecule has 4 aliphatic carbocycles. The van der Waals surface area contributed by atoms with Crippen molar-refractivity contribution in [2.24, 2.45) is 23.7 Å². The molecule has 2 aliphatic heterocycles. The Morgan fingerprint density at radius 2 is 1.35 bits per heavy atom. The molecule has 40 heavy (non-hydrogen) atoms. The van der Waals surface area contributed by atoms with Crippen LogP contribution in [0.25, 0.3) is 0 Å². The van der Waals surface area contributed by atoms with Gasteiger partial charge in [0.05, 0.1) is 16.1 Å². The molecule has 6 aliphatic rings. The van der Waals surface area contributed by atoms with Crippen LogP contribution in [0.15, 0.2) is 12.1 Å². The zero-order valence-electron chi connectivity index (χ0n) is 26.3. The van der Waals surface area contributed by atoms with Crippen molar-refractivity contribution >= 4 is 43.7 Å². The number of nitrogens with one attached hydrogen (secondary N) is 4. The summed E-state index contributed by atoms with van der Waals surface area (Å²) in [6.07, 6.45) is 10.1. The van der Waals surface area contributed by atoms with Gasteiger partial charge in [0.25, 0.3) is 0 Å². The van der Waals surface area contributed by atoms with Gasteiger partial charge in [-0.25, -0.2) is 0 Å². The van der Waals surface area contributed by atoms with Crippen molar-refractivity contribution in [3.8, 4) is 0 Å². The van der Waals surface area contributed by atoms with E-state index >= 15 is 0 Å². The van der Waals surface area contributed by atoms with E-state index in [1.165, 1.54) is 44.4 Å². The van der Waals surface area contributed by atoms with Crippen molar-refractivity contribution in [2.75, 3.05) is 45.4 Å². The minimum atomic E-state index is -1.50. The molecule has 4 bridgehead atoms. The summed E-state index contributed by atoms with van der Waals surface area (Å²) in [5.41, 5.74) is 4.03. The van der Waals surface area contributed by atoms with Crippen LogP contribution in [0.4, 0.5) is 0 Å². The summed E-state index contributed by atoms with van der Waals surface area (Å²) in [7, 11) is -0.0276. The molecule has 8 heteroatoms. The van der Waals surface area contributed by atoms with Crippen molar-refractivity contribution in [2.45, 2.75) is 94.5 Å². The second kappa shape index (κ2) is 11.7. The van der Waals surface area contributed by atoms with E-state index in [1.807, 2.05) is 10.8 Å². The number of hydrogen-bond donors (Lipinski definition) is 4. The van der Waals surface area contributed by atoms with E-state index < -0.39 is 16.1 Å². The minimum Gasteiger partial charge on any atom is -0.314 e. The summed E-state index contributed by atoms with van der Waals surface area (Å²) in [5.74, 6) is 4.94. The van der Waals surface area contributed by atoms with Crippen molar-refractivity contribution in [1.29, 1.82) is 0 Å². The summed E-state index contributed by atoms with van der Waals surface area (Å²) < 4.78 is 0. The quantitative estimate of drug-likeness (QED) is 0.259. The van der Waals surface area contributed by atoms with Crippen LogP contribution < -0.4 is 31.6 Å². The molecule has 224 valence electrons. The first-order valence-corrected chi connectivity index (χ1v) is 26.0. The fraction of sp³-hybridized carbons (Fsp3) is 0.812. The lowest BCUT2D eigenvalue weighted by Crippen LogP contribution is -2.59. The van der Waals surface area contributed by atoms with Crippen LogP contribution in [0.5, 0.6) is 0 Å². The largest absolute Gasteiger partial charge is 0.314 e. The Morgan fingerprint density at radius 3 is 1.82 bits per heavy atom. The fourth-order valence-corrected chi connectivity index (χ4v) is 18.9. The third-order valence-corrected chi connectivity index (χ3v) is 19.2. The van der Waals surface area contributed by atoms with Gasteiger partial charge in [-0.05, 0) is 84.6 Å². The normalized spacial score (nSPS) is 37.1. The minimum absolute atomic E-state index is 0.261. The zero-order chi connectivity index (χ0) is 28.3. The Kier molecular flexibility index (Phi) is 8.88. The van der Waals surface area contributed by atoms with E-state index in [0.29, 0.717) is 17.0 Å². The molecule has 1 aromatic rings. The van der Waals surface area contributed by atoms with Gasteiger partial charge in [-0.3, -0.25) is 0 Å². The van der Waals surface area contributed by atoms with E-state index in [2.05, 4.69) is 81.9 Å². The van der Waals surface area contributed by atoms with Crippen molar-refractivity contribution in [3.05, 3.63) is 23.3 Å². The fourth-order valence-electron chi connectivity index (χ4n) is 9.84. The second-order valence-electron chi connectivity index (χ2n) is 16.2. The van der Waals surface area contributed by atoms with Crippen LogP contribution in [0, 0.1) is 23.7 Å². The monoisotopic (exact) mass is 616 g/mol. The molecule has 4 N–H and O–H groups in total. The zero-order valence-corrected chi connectivity index (χ0v) is 30.4. The molecule has 0 aromatic heterocycles. The summed E-state index contributed by atoms with van der Waals surface area (Å²) in [4.78, 5) is 0. The van der Waals surface area contributed by atoms with Gasteiger partial charge in [0.15, 0.2) is 0 Å². The third-order valence-electron chi connectivity index (χ3n) is 11.4. The van der Waals surface area contributed by atoms with Gasteiger partial charge >= 0.3 is 0 Å². The van der Waals surface area contributed by atoms with Gasteiger partial charge in [-0.15, -0.1) is 9.24 Å². The molecule has 6 atom stereocenters. The van der Waals surface area contributed by atoms with Crippen molar-refractivity contribution in [3.63, 3.8) is 0 Å². The topological polar surface area (TPSA) is 48.1 Å². The highest BCUT2D eigenvalue weighted by molar-refractivity contribution is 7.58. The summed E-state index contributed by atoms with van der Waals surface area (Å²) >= 11 is 0. The summed E-state index contributed by atoms with van der Waals surface area (Å²) in [6, 6.07) is 5.76. The lowest BCUT2D eigenvalue weighted by molar-refractivity contribution is -0.0520. The Hall–Kier alpha value is 0.354. The van der Waals surface area contributed by atoms with E-state index in [0.717, 1.165) is 62.9 Å². The van der Waals surface area contributed by atoms with Gasteiger partial charge in [-0.2, -0.15) is 0 Å². The molecular formula is C32H58N4P2Si2. The second-order valence-corrected chi connectivity index (χ2v) is 29.3. The predicted octanol–water partition coefficient (Wildman–Crippen LogP) is 4.37. The first-order valence-electron chi connectivity index (χ1n) is 16.5. The van der Waals surface area contributed by atoms with Gasteiger partial charge in [0.2, 0.25) is 0 Å². The summed E-state index contributed by atoms with van der Waals surface area (Å²) in [5, 5.41) is 19.1. The van der Waals surface area contributed by atoms with Crippen LogP contribution >= 0.6 is 17.2 Å². The van der Waals surface area contributed by atoms with Gasteiger partial charge < -0.3 is 21.3 Å². The highest BCUT2D eigenvalue weighted by Crippen LogP contribution is 2.64. The van der Waals surface area contributed by atoms with E-state index in [-0.39, 0.29) is 7.92 Å². The maximum absolute atomic E-state index is 4.00. The van der Waals surface area contributed by atoms with Gasteiger partial charge in [-0.1, -0.05) is 69.7 Å². The Morgan fingerprint density at radius 1 is 0.800 bits per heavy atom. The SMILES string of the molecule is C[Si](C)(C)c1cc(CP(C2CNCCN2)C2CNCCN2)c(C23CC4CC(CC(C4)C2CP)C3)cc1[Si](C)(C)C. The van der Waals surface area contributed by atoms with Gasteiger partial charge in [0.1, 0.15) is 0 Å². The van der Waals surface area contributed by atoms with E-state index in [4.69, 9.17) is 0 Å². The molecule has 0 spiro atoms. The first kappa shape index (κ1) is 30.4. The highest BCUT2D eigenvalue weighted by Gasteiger charge is 2.57. The third kappa shape index (κ3) is 5.76. The number of piperazine rings is 2. The molecule has 0 radical (unpaired) electrons. The van der Waals surface area contributed by atoms with Crippen molar-refractivity contribution in [1.82, 2.24) is 21.3 Å². The predicted molar refractivity (Wildman–Crippen MR) is 186 cm³/mol. The molecular weight excluding hydrogens is 559 g/mol. The molecule has 6 unspecified atom stereocenters. The molecule has 6 fully saturated rings. The maximum Gasteiger partial charge on any atom is 0.0774 e. The first-order chi connectivity index (χ1) is 19.0. The average molecular weight is 617 g/mol. The lowest BCUT2D eigenvalue weighted by atomic mass is 9.43. The summed E-state index contributed by atoms with van der Waals surface area (Å²) in [6.45, 7) is 22.3. The van der Waals surface area contributed by atoms with Crippen LogP contribution in [-0.4, -0.2) is 73.1 Å². The molecule has 2 saturated heterocycles. The Bertz CT molecular complexity index is 1030. The van der Waals surface area contributed by atoms with Crippen LogP contribution in [-0.2, 0) is 11.6 Å². The van der Waals surface area contributed by atoms with Crippen molar-refractivity contribution < 1.29 is 0 Å². The Balaban J connectivity index is 1.51. The van der Waals surface area contributed by atoms with Crippen LogP contribution in [0.1, 0.15) is 43.2 Å². The number of hydrogen-bond acceptors (Lipinski definition) is 4. The Labute approximate surface area is 251 Å². The highest BCUT2D eigenvalue weighted by atomic mass is 31.1. The van der Waals surface area contributed by atoms with Gasteiger partial charge in [0, 0.05) is 50.8 Å². The average Bonchev–Trinajstić information content (AvgIpc) is 2.91. The molecule has 2 heterocycles. The maximum atomic E-state index is 4.00. The molecule has 7 rings (SSSR count). The number of benzene rings is 1. The molecule has 4 nitrogen and oxygen atoms in total. The molecule has 1 aromatic carbocycles. The van der Waals surface area contributed by atoms with Crippen LogP contribution in [0.3, 0.4) is 0 Å². The van der Waals surface area contributed by atoms with Crippen LogP contribution in [0.2, 0.25) is 39.3 Å². The molecule has 4 saturated carbocycles. The van der Waals surface area contributed by atoms with E-state index in [9.17, 15) is 0 Å². The van der Waals surface area contributed by atoms with E-state index in [1.54, 1.807) is 10.8 Å². The number of rotatable bonds is 8. The lowest BCUT2D eigenvalue weighted by Gasteiger charge is -2.62.